The highest BCUT2D eigenvalue weighted by Crippen LogP contribution is 2.50. The minimum atomic E-state index is -4.74. The summed E-state index contributed by atoms with van der Waals surface area (Å²) >= 11 is 1.25. The van der Waals surface area contributed by atoms with Crippen LogP contribution in [0.25, 0.3) is 22.0 Å². The lowest BCUT2D eigenvalue weighted by Gasteiger charge is -2.45. The van der Waals surface area contributed by atoms with Crippen LogP contribution in [0, 0.1) is 5.82 Å². The van der Waals surface area contributed by atoms with Gasteiger partial charge in [0.1, 0.15) is 11.6 Å². The summed E-state index contributed by atoms with van der Waals surface area (Å²) in [6.45, 7) is 8.05. The molecule has 0 spiro atoms. The van der Waals surface area contributed by atoms with Crippen LogP contribution >= 0.6 is 11.8 Å². The molecule has 1 unspecified atom stereocenters. The first-order valence-corrected chi connectivity index (χ1v) is 14.9. The molecule has 2 aromatic carbocycles. The maximum atomic E-state index is 14.8. The number of thioether (sulfide) groups is 1. The summed E-state index contributed by atoms with van der Waals surface area (Å²) < 4.78 is 65.5. The molecule has 1 amide bonds. The van der Waals surface area contributed by atoms with Gasteiger partial charge >= 0.3 is 11.9 Å². The van der Waals surface area contributed by atoms with Crippen LogP contribution in [0.4, 0.5) is 23.4 Å². The lowest BCUT2D eigenvalue weighted by molar-refractivity contribution is -0.137. The standard InChI is InChI=1S/C30H30F4N4O3S/c1-4-24(39)37-16(2)12-36(13-17(37)3)28-22-11-23(30(32,33)34)25(18-5-7-19(31)8-6-18)27-26(22)38(29(40)35-28)20(15-42-27)14-41-21-9-10-21/h4-8,11,16-17,20-21H,1,9-10,12-15H2,2-3H3/t16-,17+,20?. The molecule has 1 saturated carbocycles. The Bertz CT molecular complexity index is 1610. The van der Waals surface area contributed by atoms with Crippen LogP contribution in [0.1, 0.15) is 38.3 Å². The average Bonchev–Trinajstić information content (AvgIpc) is 3.77. The van der Waals surface area contributed by atoms with Gasteiger partial charge in [0, 0.05) is 46.8 Å². The van der Waals surface area contributed by atoms with E-state index in [0.717, 1.165) is 31.0 Å². The number of amides is 1. The molecule has 222 valence electrons. The number of carbonyl (C=O) groups is 1. The molecule has 3 atom stereocenters. The van der Waals surface area contributed by atoms with Crippen molar-refractivity contribution in [2.75, 3.05) is 30.3 Å². The maximum Gasteiger partial charge on any atom is 0.417 e. The van der Waals surface area contributed by atoms with Gasteiger partial charge in [0.15, 0.2) is 0 Å². The number of benzene rings is 2. The van der Waals surface area contributed by atoms with Crippen molar-refractivity contribution in [3.05, 3.63) is 64.9 Å². The highest BCUT2D eigenvalue weighted by molar-refractivity contribution is 7.99. The van der Waals surface area contributed by atoms with Crippen molar-refractivity contribution in [1.82, 2.24) is 14.5 Å². The number of halogens is 4. The molecule has 0 radical (unpaired) electrons. The Morgan fingerprint density at radius 1 is 1.17 bits per heavy atom. The van der Waals surface area contributed by atoms with Gasteiger partial charge < -0.3 is 14.5 Å². The van der Waals surface area contributed by atoms with Gasteiger partial charge in [-0.1, -0.05) is 18.7 Å². The molecule has 6 rings (SSSR count). The summed E-state index contributed by atoms with van der Waals surface area (Å²) in [7, 11) is 0. The number of carbonyl (C=O) groups excluding carboxylic acids is 1. The minimum absolute atomic E-state index is 0.0880. The second-order valence-corrected chi connectivity index (χ2v) is 12.2. The lowest BCUT2D eigenvalue weighted by atomic mass is 9.95. The van der Waals surface area contributed by atoms with Gasteiger partial charge in [-0.3, -0.25) is 9.36 Å². The molecule has 1 saturated heterocycles. The second-order valence-electron chi connectivity index (χ2n) is 11.2. The van der Waals surface area contributed by atoms with E-state index in [1.165, 1.54) is 34.5 Å². The zero-order chi connectivity index (χ0) is 29.9. The lowest BCUT2D eigenvalue weighted by Crippen LogP contribution is -2.58. The molecule has 3 aliphatic rings. The molecule has 2 fully saturated rings. The van der Waals surface area contributed by atoms with Gasteiger partial charge in [0.05, 0.1) is 29.8 Å². The normalized spacial score (nSPS) is 22.5. The van der Waals surface area contributed by atoms with E-state index in [4.69, 9.17) is 4.74 Å². The van der Waals surface area contributed by atoms with E-state index in [9.17, 15) is 27.2 Å². The van der Waals surface area contributed by atoms with E-state index in [1.54, 1.807) is 9.80 Å². The van der Waals surface area contributed by atoms with Gasteiger partial charge in [-0.05, 0) is 56.5 Å². The van der Waals surface area contributed by atoms with Crippen LogP contribution in [0.2, 0.25) is 0 Å². The quantitative estimate of drug-likeness (QED) is 0.268. The average molecular weight is 603 g/mol. The van der Waals surface area contributed by atoms with Crippen molar-refractivity contribution in [2.24, 2.45) is 0 Å². The van der Waals surface area contributed by atoms with Crippen LogP contribution in [-0.4, -0.2) is 64.0 Å². The molecular weight excluding hydrogens is 572 g/mol. The SMILES string of the molecule is C=CC(=O)N1[C@H](C)CN(c2nc(=O)n3c4c(c(-c5ccc(F)cc5)c(C(F)(F)F)cc24)SCC3COC2CC2)C[C@@H]1C. The van der Waals surface area contributed by atoms with Gasteiger partial charge in [0.25, 0.3) is 0 Å². The number of nitrogens with zero attached hydrogens (tertiary/aromatic N) is 4. The van der Waals surface area contributed by atoms with Crippen molar-refractivity contribution in [2.45, 2.75) is 62.0 Å². The van der Waals surface area contributed by atoms with Crippen molar-refractivity contribution in [1.29, 1.82) is 0 Å². The number of anilines is 1. The highest BCUT2D eigenvalue weighted by Gasteiger charge is 2.40. The summed E-state index contributed by atoms with van der Waals surface area (Å²) in [5, 5.41) is 0.203. The fraction of sp³-hybridized carbons (Fsp3) is 0.433. The van der Waals surface area contributed by atoms with Crippen LogP contribution in [-0.2, 0) is 15.7 Å². The van der Waals surface area contributed by atoms with Crippen LogP contribution in [0.5, 0.6) is 0 Å². The van der Waals surface area contributed by atoms with E-state index in [1.807, 2.05) is 13.8 Å². The van der Waals surface area contributed by atoms with Gasteiger partial charge in [-0.25, -0.2) is 9.18 Å². The number of hydrogen-bond acceptors (Lipinski definition) is 6. The van der Waals surface area contributed by atoms with Gasteiger partial charge in [-0.15, -0.1) is 11.8 Å². The molecule has 7 nitrogen and oxygen atoms in total. The molecule has 0 N–H and O–H groups in total. The van der Waals surface area contributed by atoms with Crippen molar-refractivity contribution < 1.29 is 27.1 Å². The van der Waals surface area contributed by atoms with Crippen LogP contribution in [0.15, 0.2) is 52.7 Å². The van der Waals surface area contributed by atoms with E-state index in [-0.39, 0.29) is 66.1 Å². The number of ether oxygens (including phenoxy) is 1. The van der Waals surface area contributed by atoms with Gasteiger partial charge in [-0.2, -0.15) is 18.2 Å². The van der Waals surface area contributed by atoms with Crippen molar-refractivity contribution in [3.8, 4) is 11.1 Å². The molecule has 3 heterocycles. The second kappa shape index (κ2) is 10.7. The first-order valence-electron chi connectivity index (χ1n) is 13.9. The third kappa shape index (κ3) is 5.08. The molecular formula is C30H30F4N4O3S. The summed E-state index contributed by atoms with van der Waals surface area (Å²) in [5.41, 5.74) is -0.973. The molecule has 2 aliphatic heterocycles. The number of rotatable bonds is 6. The van der Waals surface area contributed by atoms with Crippen LogP contribution < -0.4 is 10.6 Å². The molecule has 3 aromatic rings. The fourth-order valence-electron chi connectivity index (χ4n) is 6.10. The third-order valence-electron chi connectivity index (χ3n) is 8.06. The number of piperazine rings is 1. The Kier molecular flexibility index (Phi) is 7.33. The summed E-state index contributed by atoms with van der Waals surface area (Å²) in [5.74, 6) is -0.329. The Morgan fingerprint density at radius 3 is 2.43 bits per heavy atom. The molecule has 0 bridgehead atoms. The molecule has 12 heteroatoms. The minimum Gasteiger partial charge on any atom is -0.376 e. The van der Waals surface area contributed by atoms with Crippen LogP contribution in [0.3, 0.4) is 0 Å². The summed E-state index contributed by atoms with van der Waals surface area (Å²) in [4.78, 5) is 34.4. The monoisotopic (exact) mass is 602 g/mol. The first kappa shape index (κ1) is 28.7. The maximum absolute atomic E-state index is 14.8. The van der Waals surface area contributed by atoms with E-state index < -0.39 is 29.3 Å². The summed E-state index contributed by atoms with van der Waals surface area (Å²) in [6, 6.07) is 4.95. The smallest absolute Gasteiger partial charge is 0.376 e. The highest BCUT2D eigenvalue weighted by atomic mass is 32.2. The molecule has 1 aromatic heterocycles. The summed E-state index contributed by atoms with van der Waals surface area (Å²) in [6.07, 6.45) is -1.48. The zero-order valence-electron chi connectivity index (χ0n) is 23.2. The zero-order valence-corrected chi connectivity index (χ0v) is 24.0. The van der Waals surface area contributed by atoms with E-state index in [0.29, 0.717) is 16.2 Å². The van der Waals surface area contributed by atoms with Crippen molar-refractivity contribution in [3.63, 3.8) is 0 Å². The van der Waals surface area contributed by atoms with Gasteiger partial charge in [0.2, 0.25) is 5.91 Å². The van der Waals surface area contributed by atoms with E-state index in [2.05, 4.69) is 11.6 Å². The molecule has 1 aliphatic carbocycles. The number of aromatic nitrogens is 2. The first-order chi connectivity index (χ1) is 20.0. The largest absolute Gasteiger partial charge is 0.417 e. The number of hydrogen-bond donors (Lipinski definition) is 0. The Hall–Kier alpha value is -3.38. The predicted octanol–water partition coefficient (Wildman–Crippen LogP) is 5.66. The number of alkyl halides is 3. The third-order valence-corrected chi connectivity index (χ3v) is 9.30. The Morgan fingerprint density at radius 2 is 1.83 bits per heavy atom. The Labute approximate surface area is 244 Å². The van der Waals surface area contributed by atoms with Crippen molar-refractivity contribution >= 4 is 34.4 Å². The predicted molar refractivity (Wildman–Crippen MR) is 153 cm³/mol. The fourth-order valence-corrected chi connectivity index (χ4v) is 7.42. The topological polar surface area (TPSA) is 67.7 Å². The van der Waals surface area contributed by atoms with E-state index >= 15 is 0 Å². The molecule has 42 heavy (non-hydrogen) atoms. The Balaban J connectivity index is 1.59.